The predicted molar refractivity (Wildman–Crippen MR) is 90.1 cm³/mol. The van der Waals surface area contributed by atoms with Gasteiger partial charge in [0, 0.05) is 31.0 Å². The molecule has 6 heteroatoms. The Morgan fingerprint density at radius 1 is 1.52 bits per heavy atom. The molecular weight excluding hydrogens is 292 g/mol. The highest BCUT2D eigenvalue weighted by Crippen LogP contribution is 2.26. The molecule has 1 unspecified atom stereocenters. The number of carbonyl (C=O) groups is 1. The van der Waals surface area contributed by atoms with Crippen LogP contribution in [0, 0.1) is 17.2 Å². The van der Waals surface area contributed by atoms with Crippen LogP contribution >= 0.6 is 0 Å². The molecule has 1 aliphatic heterocycles. The maximum Gasteiger partial charge on any atom is 0.407 e. The number of hydrogen-bond acceptors (Lipinski definition) is 5. The number of anilines is 2. The Balaban J connectivity index is 1.87. The van der Waals surface area contributed by atoms with Gasteiger partial charge in [0.05, 0.1) is 5.56 Å². The lowest BCUT2D eigenvalue weighted by molar-refractivity contribution is 0.0520. The van der Waals surface area contributed by atoms with Crippen LogP contribution in [-0.4, -0.2) is 31.3 Å². The number of nitrogen functional groups attached to an aromatic ring is 1. The maximum atomic E-state index is 11.7. The summed E-state index contributed by atoms with van der Waals surface area (Å²) in [6, 6.07) is 7.62. The summed E-state index contributed by atoms with van der Waals surface area (Å²) in [5.41, 5.74) is 7.26. The van der Waals surface area contributed by atoms with E-state index in [0.717, 1.165) is 25.2 Å². The molecule has 0 bridgehead atoms. The summed E-state index contributed by atoms with van der Waals surface area (Å²) >= 11 is 0. The van der Waals surface area contributed by atoms with E-state index in [4.69, 9.17) is 15.7 Å². The lowest BCUT2D eigenvalue weighted by Crippen LogP contribution is -2.36. The number of benzene rings is 1. The topological polar surface area (TPSA) is 91.4 Å². The number of nitrogens with two attached hydrogens (primary N) is 1. The van der Waals surface area contributed by atoms with Crippen LogP contribution in [0.5, 0.6) is 0 Å². The molecule has 1 fully saturated rings. The molecule has 0 radical (unpaired) electrons. The number of nitrogens with one attached hydrogen (secondary N) is 1. The minimum absolute atomic E-state index is 0.366. The first kappa shape index (κ1) is 16.9. The van der Waals surface area contributed by atoms with Crippen molar-refractivity contribution in [3.05, 3.63) is 23.8 Å². The van der Waals surface area contributed by atoms with Crippen LogP contribution in [0.4, 0.5) is 16.2 Å². The van der Waals surface area contributed by atoms with Crippen LogP contribution < -0.4 is 16.0 Å². The second-order valence-corrected chi connectivity index (χ2v) is 6.87. The molecule has 2 rings (SSSR count). The molecule has 3 N–H and O–H groups in total. The first-order valence-corrected chi connectivity index (χ1v) is 7.80. The summed E-state index contributed by atoms with van der Waals surface area (Å²) in [4.78, 5) is 13.9. The number of hydrogen-bond donors (Lipinski definition) is 2. The van der Waals surface area contributed by atoms with Gasteiger partial charge in [-0.3, -0.25) is 0 Å². The smallest absolute Gasteiger partial charge is 0.407 e. The lowest BCUT2D eigenvalue weighted by atomic mass is 10.1. The molecule has 1 aromatic carbocycles. The summed E-state index contributed by atoms with van der Waals surface area (Å²) in [5.74, 6) is 0.366. The molecule has 1 aliphatic rings. The van der Waals surface area contributed by atoms with E-state index in [2.05, 4.69) is 16.3 Å². The average Bonchev–Trinajstić information content (AvgIpc) is 2.93. The van der Waals surface area contributed by atoms with Crippen LogP contribution in [0.2, 0.25) is 0 Å². The molecule has 1 atom stereocenters. The Bertz CT molecular complexity index is 616. The molecule has 1 aromatic rings. The van der Waals surface area contributed by atoms with Gasteiger partial charge in [-0.1, -0.05) is 0 Å². The highest BCUT2D eigenvalue weighted by Gasteiger charge is 2.24. The van der Waals surface area contributed by atoms with Crippen molar-refractivity contribution in [2.24, 2.45) is 5.92 Å². The summed E-state index contributed by atoms with van der Waals surface area (Å²) in [7, 11) is 0. The highest BCUT2D eigenvalue weighted by atomic mass is 16.6. The molecule has 0 saturated carbocycles. The van der Waals surface area contributed by atoms with E-state index in [0.29, 0.717) is 23.7 Å². The van der Waals surface area contributed by atoms with Gasteiger partial charge in [-0.05, 0) is 51.3 Å². The zero-order chi connectivity index (χ0) is 17.0. The van der Waals surface area contributed by atoms with E-state index in [-0.39, 0.29) is 6.09 Å². The summed E-state index contributed by atoms with van der Waals surface area (Å²) in [5, 5.41) is 11.9. The van der Waals surface area contributed by atoms with E-state index < -0.39 is 5.60 Å². The van der Waals surface area contributed by atoms with Crippen molar-refractivity contribution >= 4 is 17.5 Å². The second kappa shape index (κ2) is 6.78. The number of ether oxygens (including phenoxy) is 1. The van der Waals surface area contributed by atoms with Crippen LogP contribution in [0.15, 0.2) is 18.2 Å². The van der Waals surface area contributed by atoms with E-state index in [1.54, 1.807) is 6.07 Å². The predicted octanol–water partition coefficient (Wildman–Crippen LogP) is 2.49. The van der Waals surface area contributed by atoms with Gasteiger partial charge in [0.25, 0.3) is 0 Å². The maximum absolute atomic E-state index is 11.7. The molecule has 1 saturated heterocycles. The fraction of sp³-hybridized carbons (Fsp3) is 0.529. The van der Waals surface area contributed by atoms with Gasteiger partial charge in [-0.2, -0.15) is 5.26 Å². The van der Waals surface area contributed by atoms with Crippen molar-refractivity contribution in [3.63, 3.8) is 0 Å². The third kappa shape index (κ3) is 4.78. The summed E-state index contributed by atoms with van der Waals surface area (Å²) in [6.07, 6.45) is 0.609. The van der Waals surface area contributed by atoms with Gasteiger partial charge in [0.15, 0.2) is 0 Å². The average molecular weight is 316 g/mol. The van der Waals surface area contributed by atoms with Crippen molar-refractivity contribution < 1.29 is 9.53 Å². The third-order valence-electron chi connectivity index (χ3n) is 3.74. The van der Waals surface area contributed by atoms with Crippen LogP contribution in [0.25, 0.3) is 0 Å². The SMILES string of the molecule is CC(C)(C)OC(=O)NCC1CCN(c2ccc(N)c(C#N)c2)C1. The van der Waals surface area contributed by atoms with Crippen molar-refractivity contribution in [3.8, 4) is 6.07 Å². The van der Waals surface area contributed by atoms with Gasteiger partial charge in [0.2, 0.25) is 0 Å². The van der Waals surface area contributed by atoms with Gasteiger partial charge < -0.3 is 20.7 Å². The van der Waals surface area contributed by atoms with E-state index in [9.17, 15) is 4.79 Å². The Kier molecular flexibility index (Phi) is 4.99. The minimum atomic E-state index is -0.483. The molecule has 124 valence electrons. The number of nitriles is 1. The van der Waals surface area contributed by atoms with Gasteiger partial charge in [0.1, 0.15) is 11.7 Å². The molecule has 6 nitrogen and oxygen atoms in total. The molecule has 23 heavy (non-hydrogen) atoms. The second-order valence-electron chi connectivity index (χ2n) is 6.87. The standard InChI is InChI=1S/C17H24N4O2/c1-17(2,3)23-16(22)20-10-12-6-7-21(11-12)14-4-5-15(19)13(8-14)9-18/h4-5,8,12H,6-7,10-11,19H2,1-3H3,(H,20,22). The zero-order valence-electron chi connectivity index (χ0n) is 13.9. The zero-order valence-corrected chi connectivity index (χ0v) is 13.9. The number of rotatable bonds is 3. The quantitative estimate of drug-likeness (QED) is 0.836. The molecule has 1 amide bonds. The summed E-state index contributed by atoms with van der Waals surface area (Å²) in [6.45, 7) is 7.86. The van der Waals surface area contributed by atoms with Crippen LogP contribution in [0.1, 0.15) is 32.8 Å². The van der Waals surface area contributed by atoms with Crippen LogP contribution in [0.3, 0.4) is 0 Å². The number of amides is 1. The monoisotopic (exact) mass is 316 g/mol. The fourth-order valence-corrected chi connectivity index (χ4v) is 2.61. The minimum Gasteiger partial charge on any atom is -0.444 e. The van der Waals surface area contributed by atoms with E-state index in [1.165, 1.54) is 0 Å². The van der Waals surface area contributed by atoms with Crippen molar-refractivity contribution in [1.29, 1.82) is 5.26 Å². The molecule has 1 heterocycles. The van der Waals surface area contributed by atoms with Crippen LogP contribution in [-0.2, 0) is 4.74 Å². The Hall–Kier alpha value is -2.42. The van der Waals surface area contributed by atoms with E-state index in [1.807, 2.05) is 32.9 Å². The first-order valence-electron chi connectivity index (χ1n) is 7.80. The third-order valence-corrected chi connectivity index (χ3v) is 3.74. The van der Waals surface area contributed by atoms with Crippen molar-refractivity contribution in [1.82, 2.24) is 5.32 Å². The van der Waals surface area contributed by atoms with Gasteiger partial charge in [-0.25, -0.2) is 4.79 Å². The molecular formula is C17H24N4O2. The largest absolute Gasteiger partial charge is 0.444 e. The number of carbonyl (C=O) groups excluding carboxylic acids is 1. The lowest BCUT2D eigenvalue weighted by Gasteiger charge is -2.21. The number of alkyl carbamates (subject to hydrolysis) is 1. The van der Waals surface area contributed by atoms with Gasteiger partial charge >= 0.3 is 6.09 Å². The van der Waals surface area contributed by atoms with Gasteiger partial charge in [-0.15, -0.1) is 0 Å². The summed E-state index contributed by atoms with van der Waals surface area (Å²) < 4.78 is 5.24. The first-order chi connectivity index (χ1) is 10.8. The molecule has 0 spiro atoms. The number of nitrogens with zero attached hydrogens (tertiary/aromatic N) is 2. The molecule has 0 aliphatic carbocycles. The molecule has 0 aromatic heterocycles. The van der Waals surface area contributed by atoms with E-state index >= 15 is 0 Å². The fourth-order valence-electron chi connectivity index (χ4n) is 2.61. The normalized spacial score (nSPS) is 17.7. The highest BCUT2D eigenvalue weighted by molar-refractivity contribution is 5.67. The Labute approximate surface area is 137 Å². The van der Waals surface area contributed by atoms with Crippen molar-refractivity contribution in [2.45, 2.75) is 32.8 Å². The Morgan fingerprint density at radius 2 is 2.26 bits per heavy atom. The van der Waals surface area contributed by atoms with Crippen molar-refractivity contribution in [2.75, 3.05) is 30.3 Å². The Morgan fingerprint density at radius 3 is 2.91 bits per heavy atom.